The lowest BCUT2D eigenvalue weighted by molar-refractivity contribution is 0.599. The zero-order valence-corrected chi connectivity index (χ0v) is 17.3. The monoisotopic (exact) mass is 400 g/mol. The molecule has 0 amide bonds. The second-order valence-corrected chi connectivity index (χ2v) is 7.78. The Balaban J connectivity index is 1.86. The molecule has 0 fully saturated rings. The number of para-hydroxylation sites is 2. The molecule has 1 atom stereocenters. The topological polar surface area (TPSA) is 24.4 Å². The molecule has 2 heteroatoms. The van der Waals surface area contributed by atoms with E-state index in [1.54, 1.807) is 0 Å². The first-order valence-corrected chi connectivity index (χ1v) is 10.6. The molecule has 2 nitrogen and oxygen atoms in total. The summed E-state index contributed by atoms with van der Waals surface area (Å²) in [4.78, 5) is 5.26. The molecule has 0 aromatic heterocycles. The van der Waals surface area contributed by atoms with Gasteiger partial charge in [-0.1, -0.05) is 103 Å². The highest BCUT2D eigenvalue weighted by Crippen LogP contribution is 2.44. The summed E-state index contributed by atoms with van der Waals surface area (Å²) < 4.78 is 0. The van der Waals surface area contributed by atoms with E-state index in [0.717, 1.165) is 40.2 Å². The van der Waals surface area contributed by atoms with Crippen molar-refractivity contribution in [1.29, 1.82) is 0 Å². The van der Waals surface area contributed by atoms with Gasteiger partial charge in [0.2, 0.25) is 0 Å². The maximum absolute atomic E-state index is 5.26. The van der Waals surface area contributed by atoms with Gasteiger partial charge in [-0.15, -0.1) is 6.58 Å². The fourth-order valence-corrected chi connectivity index (χ4v) is 4.47. The first kappa shape index (κ1) is 19.1. The summed E-state index contributed by atoms with van der Waals surface area (Å²) in [6, 6.07) is 37.9. The Morgan fingerprint density at radius 2 is 1.39 bits per heavy atom. The van der Waals surface area contributed by atoms with Crippen LogP contribution < -0.4 is 5.32 Å². The summed E-state index contributed by atoms with van der Waals surface area (Å²) in [6.07, 6.45) is 2.72. The third-order valence-electron chi connectivity index (χ3n) is 5.89. The Morgan fingerprint density at radius 3 is 2.16 bits per heavy atom. The minimum atomic E-state index is -0.471. The van der Waals surface area contributed by atoms with Crippen LogP contribution in [0.15, 0.2) is 127 Å². The van der Waals surface area contributed by atoms with Crippen LogP contribution in [0.25, 0.3) is 0 Å². The molecule has 1 aliphatic heterocycles. The second-order valence-electron chi connectivity index (χ2n) is 7.78. The molecule has 31 heavy (non-hydrogen) atoms. The normalized spacial score (nSPS) is 17.2. The van der Waals surface area contributed by atoms with Gasteiger partial charge < -0.3 is 5.32 Å². The first-order valence-electron chi connectivity index (χ1n) is 10.6. The van der Waals surface area contributed by atoms with Crippen molar-refractivity contribution in [2.45, 2.75) is 12.0 Å². The first-order chi connectivity index (χ1) is 15.3. The number of rotatable bonds is 4. The molecule has 4 aromatic carbocycles. The lowest BCUT2D eigenvalue weighted by Gasteiger charge is -2.39. The lowest BCUT2D eigenvalue weighted by Crippen LogP contribution is -2.37. The van der Waals surface area contributed by atoms with Gasteiger partial charge in [-0.05, 0) is 24.1 Å². The summed E-state index contributed by atoms with van der Waals surface area (Å²) in [7, 11) is 0. The van der Waals surface area contributed by atoms with Crippen molar-refractivity contribution in [3.8, 4) is 0 Å². The van der Waals surface area contributed by atoms with Gasteiger partial charge in [0.1, 0.15) is 0 Å². The molecule has 0 saturated carbocycles. The minimum absolute atomic E-state index is 0.471. The van der Waals surface area contributed by atoms with Crippen molar-refractivity contribution < 1.29 is 0 Å². The molecular formula is C29H24N2. The van der Waals surface area contributed by atoms with Crippen LogP contribution in [0.5, 0.6) is 0 Å². The Morgan fingerprint density at radius 1 is 0.742 bits per heavy atom. The third kappa shape index (κ3) is 3.36. The number of anilines is 1. The van der Waals surface area contributed by atoms with Gasteiger partial charge in [-0.2, -0.15) is 0 Å². The van der Waals surface area contributed by atoms with Gasteiger partial charge in [0.05, 0.1) is 16.9 Å². The zero-order valence-electron chi connectivity index (χ0n) is 17.3. The summed E-state index contributed by atoms with van der Waals surface area (Å²) in [5.41, 5.74) is 7.05. The van der Waals surface area contributed by atoms with Crippen LogP contribution in [0, 0.1) is 0 Å². The van der Waals surface area contributed by atoms with Crippen LogP contribution >= 0.6 is 0 Å². The van der Waals surface area contributed by atoms with Gasteiger partial charge >= 0.3 is 0 Å². The van der Waals surface area contributed by atoms with Gasteiger partial charge in [0.15, 0.2) is 0 Å². The minimum Gasteiger partial charge on any atom is -0.371 e. The van der Waals surface area contributed by atoms with Crippen LogP contribution in [-0.4, -0.2) is 5.71 Å². The number of hydrogen-bond donors (Lipinski definition) is 1. The Bertz CT molecular complexity index is 1240. The van der Waals surface area contributed by atoms with E-state index in [1.807, 2.05) is 12.1 Å². The SMILES string of the molecule is C=CC[C@@]1(c2ccccc2)Nc2ccccc2C(c2ccccc2)=Nc2ccccc21. The average Bonchev–Trinajstić information content (AvgIpc) is 2.83. The molecule has 0 spiro atoms. The fraction of sp³-hybridized carbons (Fsp3) is 0.0690. The van der Waals surface area contributed by atoms with Gasteiger partial charge in [-0.25, -0.2) is 4.99 Å². The predicted molar refractivity (Wildman–Crippen MR) is 130 cm³/mol. The van der Waals surface area contributed by atoms with E-state index < -0.39 is 5.54 Å². The van der Waals surface area contributed by atoms with Crippen molar-refractivity contribution in [1.82, 2.24) is 0 Å². The summed E-state index contributed by atoms with van der Waals surface area (Å²) >= 11 is 0. The van der Waals surface area contributed by atoms with Crippen molar-refractivity contribution >= 4 is 17.1 Å². The van der Waals surface area contributed by atoms with Gasteiger partial charge in [-0.3, -0.25) is 0 Å². The highest BCUT2D eigenvalue weighted by atomic mass is 15.0. The van der Waals surface area contributed by atoms with E-state index in [1.165, 1.54) is 5.56 Å². The predicted octanol–water partition coefficient (Wildman–Crippen LogP) is 7.10. The van der Waals surface area contributed by atoms with E-state index >= 15 is 0 Å². The largest absolute Gasteiger partial charge is 0.371 e. The molecule has 0 aliphatic carbocycles. The Labute approximate surface area is 183 Å². The van der Waals surface area contributed by atoms with E-state index in [0.29, 0.717) is 0 Å². The van der Waals surface area contributed by atoms with E-state index in [-0.39, 0.29) is 0 Å². The standard InChI is InChI=1S/C29H24N2/c1-2-21-29(23-15-7-4-8-16-23)25-18-10-12-20-27(25)30-28(22-13-5-3-6-14-22)24-17-9-11-19-26(24)31-29/h2-20,31H,1,21H2/t29-/m0/s1. The van der Waals surface area contributed by atoms with Crippen LogP contribution in [-0.2, 0) is 5.54 Å². The lowest BCUT2D eigenvalue weighted by atomic mass is 9.78. The third-order valence-corrected chi connectivity index (χ3v) is 5.89. The second kappa shape index (κ2) is 8.08. The summed E-state index contributed by atoms with van der Waals surface area (Å²) in [5, 5.41) is 3.93. The average molecular weight is 401 g/mol. The van der Waals surface area contributed by atoms with Crippen LogP contribution in [0.4, 0.5) is 11.4 Å². The highest BCUT2D eigenvalue weighted by molar-refractivity contribution is 6.17. The molecule has 150 valence electrons. The van der Waals surface area contributed by atoms with Crippen LogP contribution in [0.1, 0.15) is 28.7 Å². The number of hydrogen-bond acceptors (Lipinski definition) is 2. The van der Waals surface area contributed by atoms with E-state index in [2.05, 4.69) is 115 Å². The molecule has 1 aliphatic rings. The smallest absolute Gasteiger partial charge is 0.0935 e. The maximum Gasteiger partial charge on any atom is 0.0935 e. The number of aliphatic imine (C=N–C) groups is 1. The number of benzene rings is 4. The summed E-state index contributed by atoms with van der Waals surface area (Å²) in [5.74, 6) is 0. The molecule has 0 unspecified atom stereocenters. The van der Waals surface area contributed by atoms with Crippen molar-refractivity contribution in [3.05, 3.63) is 144 Å². The molecule has 5 rings (SSSR count). The van der Waals surface area contributed by atoms with Crippen molar-refractivity contribution in [3.63, 3.8) is 0 Å². The molecule has 4 aromatic rings. The molecular weight excluding hydrogens is 376 g/mol. The fourth-order valence-electron chi connectivity index (χ4n) is 4.47. The molecule has 1 heterocycles. The van der Waals surface area contributed by atoms with E-state index in [9.17, 15) is 0 Å². The Hall–Kier alpha value is -3.91. The Kier molecular flexibility index (Phi) is 4.97. The van der Waals surface area contributed by atoms with Crippen molar-refractivity contribution in [2.75, 3.05) is 5.32 Å². The molecule has 1 N–H and O–H groups in total. The number of nitrogens with zero attached hydrogens (tertiary/aromatic N) is 1. The van der Waals surface area contributed by atoms with Crippen LogP contribution in [0.3, 0.4) is 0 Å². The maximum atomic E-state index is 5.26. The zero-order chi connectivity index (χ0) is 21.1. The van der Waals surface area contributed by atoms with E-state index in [4.69, 9.17) is 4.99 Å². The quantitative estimate of drug-likeness (QED) is 0.363. The summed E-state index contributed by atoms with van der Waals surface area (Å²) in [6.45, 7) is 4.09. The molecule has 0 bridgehead atoms. The van der Waals surface area contributed by atoms with Gasteiger partial charge in [0, 0.05) is 22.4 Å². The molecule has 0 radical (unpaired) electrons. The van der Waals surface area contributed by atoms with Crippen LogP contribution in [0.2, 0.25) is 0 Å². The number of fused-ring (bicyclic) bond motifs is 2. The molecule has 0 saturated heterocycles. The highest BCUT2D eigenvalue weighted by Gasteiger charge is 2.37. The van der Waals surface area contributed by atoms with Gasteiger partial charge in [0.25, 0.3) is 0 Å². The van der Waals surface area contributed by atoms with Crippen molar-refractivity contribution in [2.24, 2.45) is 4.99 Å². The number of nitrogens with one attached hydrogen (secondary N) is 1.